The molecule has 0 aromatic rings. The Kier molecular flexibility index (Phi) is 6.33. The third kappa shape index (κ3) is 4.27. The lowest BCUT2D eigenvalue weighted by Crippen LogP contribution is -2.59. The molecule has 5 rings (SSSR count). The molecular formula is C22H39N5O3. The van der Waals surface area contributed by atoms with Gasteiger partial charge < -0.3 is 15.0 Å². The van der Waals surface area contributed by atoms with Gasteiger partial charge in [-0.05, 0) is 37.5 Å². The van der Waals surface area contributed by atoms with Crippen LogP contribution in [0.2, 0.25) is 0 Å². The second-order valence-electron chi connectivity index (χ2n) is 10.5. The number of hydroxylamine groups is 1. The Bertz CT molecular complexity index is 608. The summed E-state index contributed by atoms with van der Waals surface area (Å²) < 4.78 is 5.41. The lowest BCUT2D eigenvalue weighted by atomic mass is 9.81. The number of nitrogens with one attached hydrogen (secondary N) is 3. The van der Waals surface area contributed by atoms with Crippen LogP contribution in [-0.4, -0.2) is 85.5 Å². The molecular weight excluding hydrogens is 382 g/mol. The minimum Gasteiger partial charge on any atom is -0.378 e. The second kappa shape index (κ2) is 9.00. The van der Waals surface area contributed by atoms with Gasteiger partial charge in [0.15, 0.2) is 0 Å². The molecule has 0 radical (unpaired) electrons. The molecule has 5 saturated heterocycles. The molecule has 5 fully saturated rings. The van der Waals surface area contributed by atoms with Gasteiger partial charge >= 0.3 is 0 Å². The summed E-state index contributed by atoms with van der Waals surface area (Å²) in [4.78, 5) is 20.6. The number of carbonyl (C=O) groups excluding carboxylic acids is 1. The largest absolute Gasteiger partial charge is 0.378 e. The van der Waals surface area contributed by atoms with Gasteiger partial charge in [0.2, 0.25) is 5.91 Å². The molecule has 8 heteroatoms. The van der Waals surface area contributed by atoms with Gasteiger partial charge in [0.1, 0.15) is 0 Å². The van der Waals surface area contributed by atoms with Crippen molar-refractivity contribution in [1.29, 1.82) is 0 Å². The Morgan fingerprint density at radius 3 is 2.57 bits per heavy atom. The molecule has 0 saturated carbocycles. The molecule has 5 unspecified atom stereocenters. The fourth-order valence-electron chi connectivity index (χ4n) is 6.03. The Labute approximate surface area is 180 Å². The predicted molar refractivity (Wildman–Crippen MR) is 113 cm³/mol. The van der Waals surface area contributed by atoms with Crippen molar-refractivity contribution in [2.24, 2.45) is 17.8 Å². The van der Waals surface area contributed by atoms with Crippen molar-refractivity contribution >= 4 is 5.91 Å². The molecule has 0 bridgehead atoms. The molecule has 1 amide bonds. The molecule has 8 nitrogen and oxygen atoms in total. The van der Waals surface area contributed by atoms with Crippen molar-refractivity contribution in [2.45, 2.75) is 76.2 Å². The van der Waals surface area contributed by atoms with Crippen molar-refractivity contribution in [2.75, 3.05) is 39.4 Å². The van der Waals surface area contributed by atoms with Gasteiger partial charge in [-0.1, -0.05) is 13.8 Å². The first-order valence-corrected chi connectivity index (χ1v) is 12.1. The number of fused-ring (bicyclic) bond motifs is 1. The number of amides is 1. The van der Waals surface area contributed by atoms with Crippen molar-refractivity contribution in [3.8, 4) is 0 Å². The van der Waals surface area contributed by atoms with Crippen LogP contribution in [0.3, 0.4) is 0 Å². The number of piperidine rings is 2. The van der Waals surface area contributed by atoms with Crippen LogP contribution >= 0.6 is 0 Å². The van der Waals surface area contributed by atoms with E-state index in [0.29, 0.717) is 54.2 Å². The van der Waals surface area contributed by atoms with Crippen LogP contribution in [0.4, 0.5) is 0 Å². The van der Waals surface area contributed by atoms with E-state index in [1.807, 2.05) is 0 Å². The average Bonchev–Trinajstić information content (AvgIpc) is 3.34. The molecule has 30 heavy (non-hydrogen) atoms. The maximum Gasteiger partial charge on any atom is 0.222 e. The highest BCUT2D eigenvalue weighted by atomic mass is 16.7. The average molecular weight is 422 g/mol. The summed E-state index contributed by atoms with van der Waals surface area (Å²) in [6, 6.07) is 2.03. The predicted octanol–water partition coefficient (Wildman–Crippen LogP) is 0.499. The minimum atomic E-state index is 0.282. The van der Waals surface area contributed by atoms with Gasteiger partial charge in [0.05, 0.1) is 25.4 Å². The summed E-state index contributed by atoms with van der Waals surface area (Å²) in [5.41, 5.74) is 6.98. The molecule has 5 atom stereocenters. The summed E-state index contributed by atoms with van der Waals surface area (Å²) in [6.07, 6.45) is 5.41. The van der Waals surface area contributed by atoms with E-state index in [2.05, 4.69) is 40.0 Å². The summed E-state index contributed by atoms with van der Waals surface area (Å²) in [5, 5.41) is 6.23. The Hall–Kier alpha value is -0.770. The fourth-order valence-corrected chi connectivity index (χ4v) is 6.03. The summed E-state index contributed by atoms with van der Waals surface area (Å²) in [7, 11) is 0. The molecule has 0 aliphatic carbocycles. The van der Waals surface area contributed by atoms with Crippen LogP contribution in [0.1, 0.15) is 46.0 Å². The number of likely N-dealkylation sites (tertiary alicyclic amines) is 1. The Balaban J connectivity index is 1.10. The normalized spacial score (nSPS) is 38.8. The van der Waals surface area contributed by atoms with Crippen molar-refractivity contribution in [1.82, 2.24) is 26.1 Å². The maximum atomic E-state index is 12.3. The first kappa shape index (κ1) is 21.1. The Morgan fingerprint density at radius 2 is 1.87 bits per heavy atom. The van der Waals surface area contributed by atoms with Crippen molar-refractivity contribution in [3.63, 3.8) is 0 Å². The first-order chi connectivity index (χ1) is 14.6. The lowest BCUT2D eigenvalue weighted by molar-refractivity contribution is -0.133. The molecule has 5 aliphatic heterocycles. The number of hydrogen-bond acceptors (Lipinski definition) is 7. The van der Waals surface area contributed by atoms with Crippen LogP contribution in [0.5, 0.6) is 0 Å². The highest BCUT2D eigenvalue weighted by Crippen LogP contribution is 2.34. The van der Waals surface area contributed by atoms with Gasteiger partial charge in [-0.15, -0.1) is 0 Å². The van der Waals surface area contributed by atoms with Gasteiger partial charge in [-0.25, -0.2) is 5.01 Å². The highest BCUT2D eigenvalue weighted by molar-refractivity contribution is 5.76. The number of rotatable bonds is 5. The smallest absolute Gasteiger partial charge is 0.222 e. The van der Waals surface area contributed by atoms with E-state index in [0.717, 1.165) is 58.7 Å². The van der Waals surface area contributed by atoms with Gasteiger partial charge in [0.25, 0.3) is 0 Å². The maximum absolute atomic E-state index is 12.3. The van der Waals surface area contributed by atoms with Gasteiger partial charge in [-0.2, -0.15) is 5.48 Å². The van der Waals surface area contributed by atoms with E-state index in [-0.39, 0.29) is 6.10 Å². The quantitative estimate of drug-likeness (QED) is 0.597. The van der Waals surface area contributed by atoms with Gasteiger partial charge in [0, 0.05) is 56.6 Å². The van der Waals surface area contributed by atoms with E-state index in [1.54, 1.807) is 0 Å². The van der Waals surface area contributed by atoms with Crippen molar-refractivity contribution < 1.29 is 14.4 Å². The van der Waals surface area contributed by atoms with E-state index in [4.69, 9.17) is 9.57 Å². The minimum absolute atomic E-state index is 0.282. The standard InChI is InChI=1S/C22H39N5O3/c1-14(2)7-22(28)26-5-3-15(4-6-26)18-9-21(30-25-18)16-8-20-19(23-10-16)11-24-27(20)17-12-29-13-17/h14-21,23-25H,3-13H2,1-2H3. The van der Waals surface area contributed by atoms with Crippen LogP contribution < -0.4 is 16.2 Å². The summed E-state index contributed by atoms with van der Waals surface area (Å²) in [5.74, 6) is 1.91. The summed E-state index contributed by atoms with van der Waals surface area (Å²) >= 11 is 0. The molecule has 0 aromatic heterocycles. The molecule has 0 aromatic carbocycles. The van der Waals surface area contributed by atoms with Crippen LogP contribution in [-0.2, 0) is 14.4 Å². The third-order valence-electron chi connectivity index (χ3n) is 7.94. The first-order valence-electron chi connectivity index (χ1n) is 12.1. The SMILES string of the molecule is CC(C)CC(=O)N1CCC(C2CC(C3CNC4CNN(C5COC5)C4C3)ON2)CC1. The number of hydrazine groups is 1. The van der Waals surface area contributed by atoms with E-state index in [1.165, 1.54) is 6.42 Å². The topological polar surface area (TPSA) is 78.1 Å². The summed E-state index contributed by atoms with van der Waals surface area (Å²) in [6.45, 7) is 9.80. The fraction of sp³-hybridized carbons (Fsp3) is 0.955. The van der Waals surface area contributed by atoms with Crippen LogP contribution in [0.15, 0.2) is 0 Å². The lowest BCUT2D eigenvalue weighted by Gasteiger charge is -2.42. The number of hydrogen-bond donors (Lipinski definition) is 3. The monoisotopic (exact) mass is 421 g/mol. The van der Waals surface area contributed by atoms with E-state index >= 15 is 0 Å². The molecule has 0 spiro atoms. The second-order valence-corrected chi connectivity index (χ2v) is 10.5. The van der Waals surface area contributed by atoms with Crippen LogP contribution in [0.25, 0.3) is 0 Å². The molecule has 5 aliphatic rings. The van der Waals surface area contributed by atoms with E-state index in [9.17, 15) is 4.79 Å². The number of nitrogens with zero attached hydrogens (tertiary/aromatic N) is 2. The highest BCUT2D eigenvalue weighted by Gasteiger charge is 2.47. The van der Waals surface area contributed by atoms with E-state index < -0.39 is 0 Å². The zero-order valence-electron chi connectivity index (χ0n) is 18.5. The third-order valence-corrected chi connectivity index (χ3v) is 7.94. The zero-order chi connectivity index (χ0) is 20.7. The Morgan fingerprint density at radius 1 is 1.07 bits per heavy atom. The number of carbonyl (C=O) groups is 1. The van der Waals surface area contributed by atoms with Crippen LogP contribution in [0, 0.1) is 17.8 Å². The van der Waals surface area contributed by atoms with Crippen molar-refractivity contribution in [3.05, 3.63) is 0 Å². The molecule has 170 valence electrons. The van der Waals surface area contributed by atoms with Gasteiger partial charge in [-0.3, -0.25) is 15.1 Å². The zero-order valence-corrected chi connectivity index (χ0v) is 18.5. The molecule has 5 heterocycles. The molecule has 3 N–H and O–H groups in total. The number of ether oxygens (including phenoxy) is 1.